The molecule has 0 bridgehead atoms. The molecule has 1 atom stereocenters. The second kappa shape index (κ2) is 6.01. The maximum atomic E-state index is 13.6. The highest BCUT2D eigenvalue weighted by Crippen LogP contribution is 2.36. The van der Waals surface area contributed by atoms with E-state index in [1.54, 1.807) is 0 Å². The molecule has 104 valence electrons. The van der Waals surface area contributed by atoms with Crippen molar-refractivity contribution in [2.45, 2.75) is 30.9 Å². The van der Waals surface area contributed by atoms with Gasteiger partial charge in [-0.1, -0.05) is 20.8 Å². The third-order valence-electron chi connectivity index (χ3n) is 2.73. The Morgan fingerprint density at radius 1 is 1.42 bits per heavy atom. The minimum atomic E-state index is -1.52. The molecule has 1 rings (SSSR count). The number of nitro groups is 1. The fourth-order valence-electron chi connectivity index (χ4n) is 1.28. The second-order valence-corrected chi connectivity index (χ2v) is 5.85. The van der Waals surface area contributed by atoms with Crippen LogP contribution in [0, 0.1) is 21.8 Å². The largest absolute Gasteiger partial charge is 0.478 e. The Kier molecular flexibility index (Phi) is 4.88. The van der Waals surface area contributed by atoms with Gasteiger partial charge in [-0.15, -0.1) is 11.8 Å². The zero-order chi connectivity index (χ0) is 14.7. The Hall–Kier alpha value is -1.63. The standard InChI is InChI=1S/C12H14FNO4S/c1-6(2)7(3)19-11-5-9(13)8(12(15)16)4-10(11)14(17)18/h4-7H,1-3H3,(H,15,16). The number of halogens is 1. The van der Waals surface area contributed by atoms with Crippen molar-refractivity contribution in [3.8, 4) is 0 Å². The predicted molar refractivity (Wildman–Crippen MR) is 70.2 cm³/mol. The van der Waals surface area contributed by atoms with Crippen LogP contribution in [0.3, 0.4) is 0 Å². The summed E-state index contributed by atoms with van der Waals surface area (Å²) in [6, 6.07) is 1.69. The van der Waals surface area contributed by atoms with E-state index in [1.165, 1.54) is 11.8 Å². The van der Waals surface area contributed by atoms with Gasteiger partial charge in [0, 0.05) is 11.3 Å². The first-order valence-corrected chi connectivity index (χ1v) is 6.50. The molecular weight excluding hydrogens is 273 g/mol. The summed E-state index contributed by atoms with van der Waals surface area (Å²) in [5, 5.41) is 19.7. The van der Waals surface area contributed by atoms with Crippen molar-refractivity contribution in [1.82, 2.24) is 0 Å². The summed E-state index contributed by atoms with van der Waals surface area (Å²) >= 11 is 1.17. The molecule has 0 amide bonds. The van der Waals surface area contributed by atoms with E-state index in [0.717, 1.165) is 12.1 Å². The number of carboxylic acids is 1. The highest BCUT2D eigenvalue weighted by molar-refractivity contribution is 8.00. The molecule has 0 fully saturated rings. The van der Waals surface area contributed by atoms with E-state index in [0.29, 0.717) is 0 Å². The van der Waals surface area contributed by atoms with Gasteiger partial charge in [0.25, 0.3) is 5.69 Å². The summed E-state index contributed by atoms with van der Waals surface area (Å²) in [6.45, 7) is 5.78. The molecule has 1 aromatic carbocycles. The van der Waals surface area contributed by atoms with Crippen molar-refractivity contribution in [2.24, 2.45) is 5.92 Å². The SMILES string of the molecule is CC(C)C(C)Sc1cc(F)c(C(=O)O)cc1[N+](=O)[O-]. The molecule has 0 aliphatic carbocycles. The maximum absolute atomic E-state index is 13.6. The van der Waals surface area contributed by atoms with Crippen molar-refractivity contribution in [1.29, 1.82) is 0 Å². The van der Waals surface area contributed by atoms with Gasteiger partial charge in [-0.05, 0) is 12.0 Å². The molecule has 0 saturated heterocycles. The van der Waals surface area contributed by atoms with Gasteiger partial charge in [-0.2, -0.15) is 0 Å². The molecule has 5 nitrogen and oxygen atoms in total. The van der Waals surface area contributed by atoms with Crippen molar-refractivity contribution >= 4 is 23.4 Å². The number of aromatic carboxylic acids is 1. The fourth-order valence-corrected chi connectivity index (χ4v) is 2.38. The molecule has 0 spiro atoms. The van der Waals surface area contributed by atoms with Gasteiger partial charge in [0.05, 0.1) is 9.82 Å². The van der Waals surface area contributed by atoms with Crippen LogP contribution in [-0.4, -0.2) is 21.2 Å². The minimum Gasteiger partial charge on any atom is -0.478 e. The number of benzene rings is 1. The van der Waals surface area contributed by atoms with Gasteiger partial charge in [0.2, 0.25) is 0 Å². The molecule has 0 radical (unpaired) electrons. The number of hydrogen-bond acceptors (Lipinski definition) is 4. The van der Waals surface area contributed by atoms with Gasteiger partial charge in [0.1, 0.15) is 11.4 Å². The van der Waals surface area contributed by atoms with Crippen LogP contribution in [-0.2, 0) is 0 Å². The van der Waals surface area contributed by atoms with Crippen molar-refractivity contribution in [2.75, 3.05) is 0 Å². The Bertz CT molecular complexity index is 519. The Morgan fingerprint density at radius 3 is 2.42 bits per heavy atom. The van der Waals surface area contributed by atoms with E-state index >= 15 is 0 Å². The number of nitro benzene ring substituents is 1. The zero-order valence-corrected chi connectivity index (χ0v) is 11.5. The Morgan fingerprint density at radius 2 is 2.00 bits per heavy atom. The summed E-state index contributed by atoms with van der Waals surface area (Å²) < 4.78 is 13.6. The number of rotatable bonds is 5. The summed E-state index contributed by atoms with van der Waals surface area (Å²) in [4.78, 5) is 21.2. The smallest absolute Gasteiger partial charge is 0.338 e. The zero-order valence-electron chi connectivity index (χ0n) is 10.7. The number of carboxylic acid groups (broad SMARTS) is 1. The van der Waals surface area contributed by atoms with Crippen LogP contribution in [0.15, 0.2) is 17.0 Å². The van der Waals surface area contributed by atoms with Gasteiger partial charge in [-0.25, -0.2) is 9.18 Å². The Labute approximate surface area is 114 Å². The third-order valence-corrected chi connectivity index (χ3v) is 4.22. The summed E-state index contributed by atoms with van der Waals surface area (Å²) in [7, 11) is 0. The van der Waals surface area contributed by atoms with Gasteiger partial charge in [-0.3, -0.25) is 10.1 Å². The lowest BCUT2D eigenvalue weighted by Gasteiger charge is -2.15. The highest BCUT2D eigenvalue weighted by atomic mass is 32.2. The molecule has 1 N–H and O–H groups in total. The summed E-state index contributed by atoms with van der Waals surface area (Å²) in [6.07, 6.45) is 0. The van der Waals surface area contributed by atoms with E-state index in [4.69, 9.17) is 5.11 Å². The molecule has 1 aromatic rings. The van der Waals surface area contributed by atoms with Crippen LogP contribution < -0.4 is 0 Å². The average molecular weight is 287 g/mol. The molecule has 19 heavy (non-hydrogen) atoms. The highest BCUT2D eigenvalue weighted by Gasteiger charge is 2.24. The first-order valence-electron chi connectivity index (χ1n) is 5.62. The molecule has 7 heteroatoms. The molecule has 0 aromatic heterocycles. The number of hydrogen-bond donors (Lipinski definition) is 1. The lowest BCUT2D eigenvalue weighted by molar-refractivity contribution is -0.387. The van der Waals surface area contributed by atoms with Crippen LogP contribution in [0.25, 0.3) is 0 Å². The number of nitrogens with zero attached hydrogens (tertiary/aromatic N) is 1. The molecular formula is C12H14FNO4S. The van der Waals surface area contributed by atoms with Crippen LogP contribution in [0.4, 0.5) is 10.1 Å². The van der Waals surface area contributed by atoms with E-state index in [2.05, 4.69) is 0 Å². The maximum Gasteiger partial charge on any atom is 0.338 e. The molecule has 0 heterocycles. The van der Waals surface area contributed by atoms with Gasteiger partial charge >= 0.3 is 5.97 Å². The van der Waals surface area contributed by atoms with Crippen LogP contribution in [0.2, 0.25) is 0 Å². The van der Waals surface area contributed by atoms with Crippen molar-refractivity contribution in [3.05, 3.63) is 33.6 Å². The Balaban J connectivity index is 3.27. The van der Waals surface area contributed by atoms with E-state index in [9.17, 15) is 19.3 Å². The van der Waals surface area contributed by atoms with Crippen molar-refractivity contribution in [3.63, 3.8) is 0 Å². The summed E-state index contributed by atoms with van der Waals surface area (Å²) in [5.41, 5.74) is -1.07. The van der Waals surface area contributed by atoms with E-state index in [1.807, 2.05) is 20.8 Å². The lowest BCUT2D eigenvalue weighted by atomic mass is 10.1. The van der Waals surface area contributed by atoms with Crippen LogP contribution in [0.5, 0.6) is 0 Å². The topological polar surface area (TPSA) is 80.4 Å². The average Bonchev–Trinajstić information content (AvgIpc) is 2.27. The van der Waals surface area contributed by atoms with Gasteiger partial charge in [0.15, 0.2) is 0 Å². The normalized spacial score (nSPS) is 12.5. The number of carbonyl (C=O) groups is 1. The quantitative estimate of drug-likeness (QED) is 0.508. The number of thioether (sulfide) groups is 1. The second-order valence-electron chi connectivity index (χ2n) is 4.43. The molecule has 1 unspecified atom stereocenters. The minimum absolute atomic E-state index is 0.0498. The first kappa shape index (κ1) is 15.4. The third kappa shape index (κ3) is 3.66. The molecule has 0 aliphatic heterocycles. The lowest BCUT2D eigenvalue weighted by Crippen LogP contribution is -2.08. The first-order chi connectivity index (χ1) is 8.73. The van der Waals surface area contributed by atoms with E-state index < -0.39 is 22.3 Å². The summed E-state index contributed by atoms with van der Waals surface area (Å²) in [5.74, 6) is -2.22. The molecule has 0 saturated carbocycles. The fraction of sp³-hybridized carbons (Fsp3) is 0.417. The van der Waals surface area contributed by atoms with Gasteiger partial charge < -0.3 is 5.11 Å². The predicted octanol–water partition coefficient (Wildman–Crippen LogP) is 3.57. The van der Waals surface area contributed by atoms with E-state index in [-0.39, 0.29) is 21.8 Å². The van der Waals surface area contributed by atoms with Crippen LogP contribution in [0.1, 0.15) is 31.1 Å². The molecule has 0 aliphatic rings. The van der Waals surface area contributed by atoms with Crippen LogP contribution >= 0.6 is 11.8 Å². The van der Waals surface area contributed by atoms with Crippen molar-refractivity contribution < 1.29 is 19.2 Å². The monoisotopic (exact) mass is 287 g/mol.